The van der Waals surface area contributed by atoms with E-state index in [1.807, 2.05) is 18.4 Å². The van der Waals surface area contributed by atoms with Crippen LogP contribution < -0.4 is 10.2 Å². The van der Waals surface area contributed by atoms with Gasteiger partial charge in [-0.1, -0.05) is 41.7 Å². The van der Waals surface area contributed by atoms with Crippen LogP contribution in [-0.2, 0) is 13.0 Å². The maximum atomic E-state index is 4.85. The minimum absolute atomic E-state index is 0.495. The van der Waals surface area contributed by atoms with Gasteiger partial charge in [0.05, 0.1) is 5.69 Å². The van der Waals surface area contributed by atoms with Gasteiger partial charge in [0.25, 0.3) is 0 Å². The summed E-state index contributed by atoms with van der Waals surface area (Å²) in [5, 5.41) is 4.55. The summed E-state index contributed by atoms with van der Waals surface area (Å²) in [7, 11) is 4.18. The van der Waals surface area contributed by atoms with Crippen LogP contribution in [0.1, 0.15) is 35.0 Å². The monoisotopic (exact) mass is 287 g/mol. The van der Waals surface area contributed by atoms with Gasteiger partial charge in [0, 0.05) is 24.5 Å². The zero-order valence-electron chi connectivity index (χ0n) is 12.1. The molecule has 1 aromatic heterocycles. The first-order valence-corrected chi connectivity index (χ1v) is 8.01. The van der Waals surface area contributed by atoms with Crippen molar-refractivity contribution in [1.29, 1.82) is 0 Å². The van der Waals surface area contributed by atoms with E-state index in [1.54, 1.807) is 0 Å². The highest BCUT2D eigenvalue weighted by atomic mass is 32.1. The number of hydrogen-bond acceptors (Lipinski definition) is 4. The summed E-state index contributed by atoms with van der Waals surface area (Å²) in [6.07, 6.45) is 3.60. The van der Waals surface area contributed by atoms with Crippen molar-refractivity contribution in [3.63, 3.8) is 0 Å². The van der Waals surface area contributed by atoms with E-state index in [0.717, 1.165) is 18.1 Å². The Morgan fingerprint density at radius 3 is 2.90 bits per heavy atom. The van der Waals surface area contributed by atoms with Gasteiger partial charge in [0.1, 0.15) is 0 Å². The largest absolute Gasteiger partial charge is 0.347 e. The molecule has 1 aliphatic rings. The van der Waals surface area contributed by atoms with Gasteiger partial charge in [-0.3, -0.25) is 0 Å². The van der Waals surface area contributed by atoms with Crippen LogP contribution in [0.15, 0.2) is 30.3 Å². The molecule has 1 aliphatic carbocycles. The summed E-state index contributed by atoms with van der Waals surface area (Å²) >= 11 is 1.85. The van der Waals surface area contributed by atoms with Crippen LogP contribution in [-0.4, -0.2) is 19.1 Å². The van der Waals surface area contributed by atoms with Gasteiger partial charge in [-0.05, 0) is 31.9 Å². The van der Waals surface area contributed by atoms with Crippen molar-refractivity contribution in [2.45, 2.75) is 31.8 Å². The number of aromatic nitrogens is 1. The molecule has 0 saturated heterocycles. The standard InChI is InChI=1S/C16H21N3S/c1-17-13-9-6-10-14-15(13)20-16(18-14)19(2)11-12-7-4-3-5-8-12/h3-5,7-8,13,17H,6,9-11H2,1-2H3. The van der Waals surface area contributed by atoms with Crippen LogP contribution >= 0.6 is 11.3 Å². The number of fused-ring (bicyclic) bond motifs is 1. The Bertz CT molecular complexity index is 564. The smallest absolute Gasteiger partial charge is 0.185 e. The second kappa shape index (κ2) is 5.94. The molecular weight excluding hydrogens is 266 g/mol. The van der Waals surface area contributed by atoms with Crippen molar-refractivity contribution in [1.82, 2.24) is 10.3 Å². The van der Waals surface area contributed by atoms with E-state index in [1.165, 1.54) is 29.0 Å². The molecule has 20 heavy (non-hydrogen) atoms. The third-order valence-corrected chi connectivity index (χ3v) is 5.20. The van der Waals surface area contributed by atoms with Crippen molar-refractivity contribution in [2.75, 3.05) is 19.0 Å². The average molecular weight is 287 g/mol. The zero-order valence-corrected chi connectivity index (χ0v) is 12.9. The van der Waals surface area contributed by atoms with E-state index in [9.17, 15) is 0 Å². The molecule has 3 nitrogen and oxygen atoms in total. The zero-order chi connectivity index (χ0) is 13.9. The lowest BCUT2D eigenvalue weighted by atomic mass is 9.98. The molecule has 1 unspecified atom stereocenters. The molecule has 0 saturated carbocycles. The topological polar surface area (TPSA) is 28.2 Å². The Labute approximate surface area is 124 Å². The fourth-order valence-electron chi connectivity index (χ4n) is 2.77. The quantitative estimate of drug-likeness (QED) is 0.934. The number of aryl methyl sites for hydroxylation is 1. The summed E-state index contributed by atoms with van der Waals surface area (Å²) in [5.41, 5.74) is 2.63. The predicted octanol–water partition coefficient (Wildman–Crippen LogP) is 3.38. The van der Waals surface area contributed by atoms with E-state index >= 15 is 0 Å². The SMILES string of the molecule is CNC1CCCc2nc(N(C)Cc3ccccc3)sc21. The second-order valence-electron chi connectivity index (χ2n) is 5.38. The summed E-state index contributed by atoms with van der Waals surface area (Å²) in [6, 6.07) is 11.1. The van der Waals surface area contributed by atoms with Crippen LogP contribution in [0.3, 0.4) is 0 Å². The molecule has 1 atom stereocenters. The number of thiazole rings is 1. The van der Waals surface area contributed by atoms with Gasteiger partial charge in [-0.25, -0.2) is 4.98 Å². The third kappa shape index (κ3) is 2.72. The summed E-state index contributed by atoms with van der Waals surface area (Å²) in [6.45, 7) is 0.914. The Morgan fingerprint density at radius 1 is 1.35 bits per heavy atom. The summed E-state index contributed by atoms with van der Waals surface area (Å²) in [4.78, 5) is 8.54. The van der Waals surface area contributed by atoms with Gasteiger partial charge in [0.2, 0.25) is 0 Å². The highest BCUT2D eigenvalue weighted by Gasteiger charge is 2.24. The minimum Gasteiger partial charge on any atom is -0.347 e. The van der Waals surface area contributed by atoms with E-state index in [0.29, 0.717) is 6.04 Å². The molecule has 1 aromatic carbocycles. The van der Waals surface area contributed by atoms with Gasteiger partial charge >= 0.3 is 0 Å². The lowest BCUT2D eigenvalue weighted by Crippen LogP contribution is -2.19. The highest BCUT2D eigenvalue weighted by Crippen LogP contribution is 2.37. The number of nitrogens with one attached hydrogen (secondary N) is 1. The van der Waals surface area contributed by atoms with E-state index in [2.05, 4.69) is 47.6 Å². The average Bonchev–Trinajstić information content (AvgIpc) is 2.92. The van der Waals surface area contributed by atoms with Crippen molar-refractivity contribution in [3.05, 3.63) is 46.5 Å². The van der Waals surface area contributed by atoms with E-state index < -0.39 is 0 Å². The first-order valence-electron chi connectivity index (χ1n) is 7.20. The molecule has 0 radical (unpaired) electrons. The molecule has 3 rings (SSSR count). The lowest BCUT2D eigenvalue weighted by molar-refractivity contribution is 0.501. The molecular formula is C16H21N3S. The van der Waals surface area contributed by atoms with Gasteiger partial charge in [-0.2, -0.15) is 0 Å². The molecule has 0 fully saturated rings. The van der Waals surface area contributed by atoms with Crippen molar-refractivity contribution < 1.29 is 0 Å². The molecule has 1 N–H and O–H groups in total. The molecule has 0 amide bonds. The maximum absolute atomic E-state index is 4.85. The van der Waals surface area contributed by atoms with Gasteiger partial charge in [-0.15, -0.1) is 0 Å². The Morgan fingerprint density at radius 2 is 2.15 bits per heavy atom. The number of hydrogen-bond donors (Lipinski definition) is 1. The summed E-state index contributed by atoms with van der Waals surface area (Å²) < 4.78 is 0. The van der Waals surface area contributed by atoms with Gasteiger partial charge in [0.15, 0.2) is 5.13 Å². The Kier molecular flexibility index (Phi) is 4.03. The summed E-state index contributed by atoms with van der Waals surface area (Å²) in [5.74, 6) is 0. The fraction of sp³-hybridized carbons (Fsp3) is 0.438. The molecule has 1 heterocycles. The fourth-order valence-corrected chi connectivity index (χ4v) is 3.99. The van der Waals surface area contributed by atoms with Crippen molar-refractivity contribution >= 4 is 16.5 Å². The predicted molar refractivity (Wildman–Crippen MR) is 85.4 cm³/mol. The Hall–Kier alpha value is -1.39. The van der Waals surface area contributed by atoms with Crippen LogP contribution in [0.25, 0.3) is 0 Å². The number of benzene rings is 1. The van der Waals surface area contributed by atoms with Crippen LogP contribution in [0, 0.1) is 0 Å². The second-order valence-corrected chi connectivity index (χ2v) is 6.39. The molecule has 0 aliphatic heterocycles. The van der Waals surface area contributed by atoms with Crippen LogP contribution in [0.2, 0.25) is 0 Å². The first kappa shape index (κ1) is 13.6. The molecule has 2 aromatic rings. The lowest BCUT2D eigenvalue weighted by Gasteiger charge is -2.19. The normalized spacial score (nSPS) is 17.8. The number of rotatable bonds is 4. The maximum Gasteiger partial charge on any atom is 0.185 e. The molecule has 106 valence electrons. The van der Waals surface area contributed by atoms with Gasteiger partial charge < -0.3 is 10.2 Å². The third-order valence-electron chi connectivity index (χ3n) is 3.88. The van der Waals surface area contributed by atoms with E-state index in [4.69, 9.17) is 4.98 Å². The molecule has 0 bridgehead atoms. The molecule has 4 heteroatoms. The highest BCUT2D eigenvalue weighted by molar-refractivity contribution is 7.15. The van der Waals surface area contributed by atoms with Crippen molar-refractivity contribution in [2.24, 2.45) is 0 Å². The molecule has 0 spiro atoms. The van der Waals surface area contributed by atoms with Crippen LogP contribution in [0.4, 0.5) is 5.13 Å². The first-order chi connectivity index (χ1) is 9.78. The van der Waals surface area contributed by atoms with Crippen LogP contribution in [0.5, 0.6) is 0 Å². The number of nitrogens with zero attached hydrogens (tertiary/aromatic N) is 2. The van der Waals surface area contributed by atoms with E-state index in [-0.39, 0.29) is 0 Å². The Balaban J connectivity index is 1.79. The number of anilines is 1. The van der Waals surface area contributed by atoms with Crippen molar-refractivity contribution in [3.8, 4) is 0 Å². The minimum atomic E-state index is 0.495.